The molecule has 0 fully saturated rings. The van der Waals surface area contributed by atoms with Gasteiger partial charge in [-0.1, -0.05) is 18.2 Å². The van der Waals surface area contributed by atoms with Crippen LogP contribution in [0.3, 0.4) is 0 Å². The van der Waals surface area contributed by atoms with Crippen molar-refractivity contribution in [3.8, 4) is 5.75 Å². The standard InChI is InChI=1S/C21H27N3O5S/c1-13(2)24-30(27,28)18-11-16(9-10-17(18)29-5)21(26)22-12-19(25)23-20-14(3)7-6-8-15(20)4/h6-11,13,24H,12H2,1-5H3,(H,22,26)(H,23,25). The molecule has 0 atom stereocenters. The third-order valence-electron chi connectivity index (χ3n) is 4.26. The van der Waals surface area contributed by atoms with E-state index in [0.29, 0.717) is 5.69 Å². The van der Waals surface area contributed by atoms with Gasteiger partial charge in [-0.15, -0.1) is 0 Å². The quantitative estimate of drug-likeness (QED) is 0.591. The van der Waals surface area contributed by atoms with Crippen LogP contribution in [-0.2, 0) is 14.8 Å². The molecule has 0 spiro atoms. The highest BCUT2D eigenvalue weighted by Gasteiger charge is 2.22. The van der Waals surface area contributed by atoms with Gasteiger partial charge in [0.1, 0.15) is 10.6 Å². The highest BCUT2D eigenvalue weighted by Crippen LogP contribution is 2.25. The molecule has 0 radical (unpaired) electrons. The fourth-order valence-electron chi connectivity index (χ4n) is 2.86. The summed E-state index contributed by atoms with van der Waals surface area (Å²) in [5.41, 5.74) is 2.63. The molecule has 0 saturated heterocycles. The summed E-state index contributed by atoms with van der Waals surface area (Å²) < 4.78 is 32.7. The second kappa shape index (κ2) is 9.73. The minimum absolute atomic E-state index is 0.0970. The maximum atomic E-state index is 12.5. The number of ether oxygens (including phenoxy) is 1. The molecule has 0 heterocycles. The molecule has 162 valence electrons. The summed E-state index contributed by atoms with van der Waals surface area (Å²) in [4.78, 5) is 24.6. The highest BCUT2D eigenvalue weighted by molar-refractivity contribution is 7.89. The van der Waals surface area contributed by atoms with Crippen molar-refractivity contribution in [1.82, 2.24) is 10.0 Å². The van der Waals surface area contributed by atoms with Gasteiger partial charge in [0.05, 0.1) is 13.7 Å². The van der Waals surface area contributed by atoms with Crippen molar-refractivity contribution in [3.05, 3.63) is 53.1 Å². The number of aryl methyl sites for hydroxylation is 2. The Kier molecular flexibility index (Phi) is 7.58. The number of carbonyl (C=O) groups is 2. The van der Waals surface area contributed by atoms with Crippen molar-refractivity contribution in [3.63, 3.8) is 0 Å². The second-order valence-corrected chi connectivity index (χ2v) is 8.82. The zero-order valence-corrected chi connectivity index (χ0v) is 18.5. The van der Waals surface area contributed by atoms with Crippen LogP contribution in [0.15, 0.2) is 41.3 Å². The van der Waals surface area contributed by atoms with Crippen LogP contribution in [0.2, 0.25) is 0 Å². The summed E-state index contributed by atoms with van der Waals surface area (Å²) in [6.45, 7) is 6.88. The Morgan fingerprint density at radius 3 is 2.27 bits per heavy atom. The molecule has 9 heteroatoms. The molecule has 0 unspecified atom stereocenters. The Morgan fingerprint density at radius 2 is 1.70 bits per heavy atom. The van der Waals surface area contributed by atoms with Crippen LogP contribution in [-0.4, -0.2) is 39.9 Å². The van der Waals surface area contributed by atoms with Crippen molar-refractivity contribution in [2.75, 3.05) is 19.0 Å². The SMILES string of the molecule is COc1ccc(C(=O)NCC(=O)Nc2c(C)cccc2C)cc1S(=O)(=O)NC(C)C. The third kappa shape index (κ3) is 5.80. The van der Waals surface area contributed by atoms with E-state index in [9.17, 15) is 18.0 Å². The van der Waals surface area contributed by atoms with Gasteiger partial charge in [0, 0.05) is 17.3 Å². The van der Waals surface area contributed by atoms with Gasteiger partial charge >= 0.3 is 0 Å². The number of hydrogen-bond acceptors (Lipinski definition) is 5. The Morgan fingerprint density at radius 1 is 1.07 bits per heavy atom. The zero-order chi connectivity index (χ0) is 22.5. The van der Waals surface area contributed by atoms with E-state index in [1.807, 2.05) is 32.0 Å². The number of rotatable bonds is 8. The molecule has 3 N–H and O–H groups in total. The summed E-state index contributed by atoms with van der Waals surface area (Å²) >= 11 is 0. The predicted molar refractivity (Wildman–Crippen MR) is 115 cm³/mol. The summed E-state index contributed by atoms with van der Waals surface area (Å²) in [7, 11) is -2.53. The largest absolute Gasteiger partial charge is 0.495 e. The lowest BCUT2D eigenvalue weighted by atomic mass is 10.1. The molecule has 0 aliphatic carbocycles. The molecule has 0 aromatic heterocycles. The lowest BCUT2D eigenvalue weighted by Crippen LogP contribution is -2.33. The molecule has 0 saturated carbocycles. The van der Waals surface area contributed by atoms with Crippen LogP contribution in [0.5, 0.6) is 5.75 Å². The highest BCUT2D eigenvalue weighted by atomic mass is 32.2. The molecule has 0 aliphatic rings. The second-order valence-electron chi connectivity index (χ2n) is 7.14. The summed E-state index contributed by atoms with van der Waals surface area (Å²) in [5, 5.41) is 5.29. The van der Waals surface area contributed by atoms with Gasteiger partial charge in [-0.25, -0.2) is 13.1 Å². The fraction of sp³-hybridized carbons (Fsp3) is 0.333. The monoisotopic (exact) mass is 433 g/mol. The molecule has 8 nitrogen and oxygen atoms in total. The van der Waals surface area contributed by atoms with Crippen LogP contribution in [0, 0.1) is 13.8 Å². The topological polar surface area (TPSA) is 114 Å². The van der Waals surface area contributed by atoms with Gasteiger partial charge in [0.2, 0.25) is 15.9 Å². The molecule has 0 aliphatic heterocycles. The average molecular weight is 434 g/mol. The Hall–Kier alpha value is -2.91. The van der Waals surface area contributed by atoms with E-state index in [2.05, 4.69) is 15.4 Å². The Bertz CT molecular complexity index is 1030. The first-order valence-electron chi connectivity index (χ1n) is 9.39. The van der Waals surface area contributed by atoms with Crippen molar-refractivity contribution in [2.45, 2.75) is 38.6 Å². The van der Waals surface area contributed by atoms with E-state index >= 15 is 0 Å². The number of carbonyl (C=O) groups excluding carboxylic acids is 2. The van der Waals surface area contributed by atoms with Crippen molar-refractivity contribution in [1.29, 1.82) is 0 Å². The molecule has 2 aromatic rings. The number of benzene rings is 2. The van der Waals surface area contributed by atoms with E-state index in [0.717, 1.165) is 11.1 Å². The van der Waals surface area contributed by atoms with Crippen LogP contribution in [0.4, 0.5) is 5.69 Å². The van der Waals surface area contributed by atoms with Crippen molar-refractivity contribution < 1.29 is 22.7 Å². The van der Waals surface area contributed by atoms with Gasteiger partial charge in [0.25, 0.3) is 5.91 Å². The van der Waals surface area contributed by atoms with E-state index in [-0.39, 0.29) is 34.7 Å². The van der Waals surface area contributed by atoms with Crippen LogP contribution < -0.4 is 20.1 Å². The number of methoxy groups -OCH3 is 1. The van der Waals surface area contributed by atoms with Gasteiger partial charge < -0.3 is 15.4 Å². The van der Waals surface area contributed by atoms with Crippen LogP contribution in [0.1, 0.15) is 35.3 Å². The lowest BCUT2D eigenvalue weighted by Gasteiger charge is -2.14. The maximum absolute atomic E-state index is 12.5. The lowest BCUT2D eigenvalue weighted by molar-refractivity contribution is -0.115. The van der Waals surface area contributed by atoms with Crippen molar-refractivity contribution >= 4 is 27.5 Å². The van der Waals surface area contributed by atoms with Crippen LogP contribution >= 0.6 is 0 Å². The number of sulfonamides is 1. The Balaban J connectivity index is 2.13. The van der Waals surface area contributed by atoms with Gasteiger partial charge in [-0.2, -0.15) is 0 Å². The molecular formula is C21H27N3O5S. The van der Waals surface area contributed by atoms with Crippen LogP contribution in [0.25, 0.3) is 0 Å². The number of anilines is 1. The van der Waals surface area contributed by atoms with E-state index < -0.39 is 15.9 Å². The summed E-state index contributed by atoms with van der Waals surface area (Å²) in [6, 6.07) is 9.39. The minimum atomic E-state index is -3.87. The maximum Gasteiger partial charge on any atom is 0.251 e. The predicted octanol–water partition coefficient (Wildman–Crippen LogP) is 2.37. The molecule has 2 amide bonds. The molecule has 30 heavy (non-hydrogen) atoms. The first kappa shape index (κ1) is 23.4. The number of para-hydroxylation sites is 1. The number of hydrogen-bond donors (Lipinski definition) is 3. The average Bonchev–Trinajstić information content (AvgIpc) is 2.67. The third-order valence-corrected chi connectivity index (χ3v) is 5.94. The summed E-state index contributed by atoms with van der Waals surface area (Å²) in [6.07, 6.45) is 0. The number of amides is 2. The summed E-state index contributed by atoms with van der Waals surface area (Å²) in [5.74, 6) is -0.841. The zero-order valence-electron chi connectivity index (χ0n) is 17.7. The van der Waals surface area contributed by atoms with Crippen molar-refractivity contribution in [2.24, 2.45) is 0 Å². The molecule has 0 bridgehead atoms. The van der Waals surface area contributed by atoms with E-state index in [4.69, 9.17) is 4.74 Å². The van der Waals surface area contributed by atoms with E-state index in [1.165, 1.54) is 25.3 Å². The van der Waals surface area contributed by atoms with Gasteiger partial charge in [-0.05, 0) is 57.0 Å². The molecule has 2 aromatic carbocycles. The fourth-order valence-corrected chi connectivity index (χ4v) is 4.31. The first-order valence-corrected chi connectivity index (χ1v) is 10.9. The van der Waals surface area contributed by atoms with Gasteiger partial charge in [0.15, 0.2) is 0 Å². The smallest absolute Gasteiger partial charge is 0.251 e. The van der Waals surface area contributed by atoms with Gasteiger partial charge in [-0.3, -0.25) is 9.59 Å². The minimum Gasteiger partial charge on any atom is -0.495 e. The number of nitrogens with one attached hydrogen (secondary N) is 3. The van der Waals surface area contributed by atoms with E-state index in [1.54, 1.807) is 13.8 Å². The first-order chi connectivity index (χ1) is 14.0. The molecular weight excluding hydrogens is 406 g/mol. The molecule has 2 rings (SSSR count). The normalized spacial score (nSPS) is 11.3. The Labute approximate surface area is 177 Å².